The molecule has 29 heavy (non-hydrogen) atoms. The Kier molecular flexibility index (Phi) is 5.31. The maximum Gasteiger partial charge on any atom is 0.257 e. The molecule has 0 amide bonds. The fourth-order valence-corrected chi connectivity index (χ4v) is 4.47. The minimum absolute atomic E-state index is 0.0153. The highest BCUT2D eigenvalue weighted by molar-refractivity contribution is 7.89. The zero-order valence-corrected chi connectivity index (χ0v) is 16.3. The summed E-state index contributed by atoms with van der Waals surface area (Å²) in [5.41, 5.74) is 0.694. The van der Waals surface area contributed by atoms with E-state index in [0.29, 0.717) is 17.1 Å². The van der Waals surface area contributed by atoms with E-state index in [1.165, 1.54) is 22.5 Å². The Morgan fingerprint density at radius 1 is 1.21 bits per heavy atom. The van der Waals surface area contributed by atoms with Gasteiger partial charge in [0.05, 0.1) is 18.6 Å². The van der Waals surface area contributed by atoms with Gasteiger partial charge in [0.15, 0.2) is 6.10 Å². The Balaban J connectivity index is 1.55. The van der Waals surface area contributed by atoms with Gasteiger partial charge in [0.2, 0.25) is 15.8 Å². The molecule has 0 radical (unpaired) electrons. The van der Waals surface area contributed by atoms with Crippen LogP contribution in [0.2, 0.25) is 0 Å². The largest absolute Gasteiger partial charge is 0.497 e. The number of benzene rings is 2. The number of halogens is 1. The SMILES string of the molecule is COc1cccc(-c2noc(C3CN(S(=O)(=O)c4cccc(F)c4)CCO3)n2)c1. The first-order chi connectivity index (χ1) is 14.0. The molecule has 1 unspecified atom stereocenters. The van der Waals surface area contributed by atoms with Gasteiger partial charge in [0, 0.05) is 18.7 Å². The van der Waals surface area contributed by atoms with Crippen LogP contribution in [0.3, 0.4) is 0 Å². The third-order valence-corrected chi connectivity index (χ3v) is 6.37. The van der Waals surface area contributed by atoms with Crippen molar-refractivity contribution >= 4 is 10.0 Å². The Morgan fingerprint density at radius 3 is 2.83 bits per heavy atom. The third kappa shape index (κ3) is 4.00. The molecule has 0 aliphatic carbocycles. The van der Waals surface area contributed by atoms with Crippen LogP contribution in [0.4, 0.5) is 4.39 Å². The molecule has 0 bridgehead atoms. The van der Waals surface area contributed by atoms with Crippen molar-refractivity contribution in [2.75, 3.05) is 26.8 Å². The first kappa shape index (κ1) is 19.5. The Morgan fingerprint density at radius 2 is 2.03 bits per heavy atom. The molecule has 0 N–H and O–H groups in total. The highest BCUT2D eigenvalue weighted by Gasteiger charge is 2.34. The molecule has 2 aromatic carbocycles. The summed E-state index contributed by atoms with van der Waals surface area (Å²) in [6.07, 6.45) is -0.723. The van der Waals surface area contributed by atoms with Crippen LogP contribution in [0.25, 0.3) is 11.4 Å². The molecule has 4 rings (SSSR count). The fraction of sp³-hybridized carbons (Fsp3) is 0.263. The van der Waals surface area contributed by atoms with Crippen molar-refractivity contribution in [3.05, 3.63) is 60.2 Å². The number of nitrogens with zero attached hydrogens (tertiary/aromatic N) is 3. The average molecular weight is 419 g/mol. The second-order valence-corrected chi connectivity index (χ2v) is 8.31. The molecule has 0 spiro atoms. The number of hydrogen-bond donors (Lipinski definition) is 0. The predicted octanol–water partition coefficient (Wildman–Crippen LogP) is 2.65. The molecule has 1 atom stereocenters. The van der Waals surface area contributed by atoms with E-state index in [1.54, 1.807) is 31.4 Å². The lowest BCUT2D eigenvalue weighted by Gasteiger charge is -2.30. The van der Waals surface area contributed by atoms with Crippen LogP contribution >= 0.6 is 0 Å². The van der Waals surface area contributed by atoms with Crippen LogP contribution in [0.15, 0.2) is 57.9 Å². The van der Waals surface area contributed by atoms with E-state index in [2.05, 4.69) is 10.1 Å². The minimum atomic E-state index is -3.87. The first-order valence-electron chi connectivity index (χ1n) is 8.83. The monoisotopic (exact) mass is 419 g/mol. The molecule has 1 saturated heterocycles. The van der Waals surface area contributed by atoms with Gasteiger partial charge in [-0.05, 0) is 30.3 Å². The summed E-state index contributed by atoms with van der Waals surface area (Å²) >= 11 is 0. The van der Waals surface area contributed by atoms with Crippen LogP contribution in [0, 0.1) is 5.82 Å². The average Bonchev–Trinajstić information content (AvgIpc) is 3.24. The highest BCUT2D eigenvalue weighted by atomic mass is 32.2. The number of rotatable bonds is 5. The number of sulfonamides is 1. The summed E-state index contributed by atoms with van der Waals surface area (Å²) in [6.45, 7) is 0.279. The van der Waals surface area contributed by atoms with Crippen LogP contribution in [-0.4, -0.2) is 49.7 Å². The van der Waals surface area contributed by atoms with E-state index in [4.69, 9.17) is 14.0 Å². The van der Waals surface area contributed by atoms with Crippen molar-refractivity contribution < 1.29 is 26.8 Å². The number of morpholine rings is 1. The quantitative estimate of drug-likeness (QED) is 0.627. The van der Waals surface area contributed by atoms with Gasteiger partial charge < -0.3 is 14.0 Å². The van der Waals surface area contributed by atoms with Gasteiger partial charge in [0.1, 0.15) is 11.6 Å². The fourth-order valence-electron chi connectivity index (χ4n) is 3.02. The summed E-state index contributed by atoms with van der Waals surface area (Å²) in [7, 11) is -2.31. The normalized spacial score (nSPS) is 17.9. The van der Waals surface area contributed by atoms with Gasteiger partial charge in [-0.25, -0.2) is 12.8 Å². The summed E-state index contributed by atoms with van der Waals surface area (Å²) in [5, 5.41) is 3.95. The first-order valence-corrected chi connectivity index (χ1v) is 10.3. The zero-order valence-electron chi connectivity index (χ0n) is 15.5. The van der Waals surface area contributed by atoms with Gasteiger partial charge in [-0.15, -0.1) is 0 Å². The van der Waals surface area contributed by atoms with E-state index in [-0.39, 0.29) is 30.5 Å². The van der Waals surface area contributed by atoms with Gasteiger partial charge in [0.25, 0.3) is 5.89 Å². The van der Waals surface area contributed by atoms with Crippen molar-refractivity contribution in [2.24, 2.45) is 0 Å². The smallest absolute Gasteiger partial charge is 0.257 e. The topological polar surface area (TPSA) is 94.8 Å². The van der Waals surface area contributed by atoms with Gasteiger partial charge >= 0.3 is 0 Å². The van der Waals surface area contributed by atoms with Crippen LogP contribution in [0.1, 0.15) is 12.0 Å². The molecular weight excluding hydrogens is 401 g/mol. The third-order valence-electron chi connectivity index (χ3n) is 4.51. The molecule has 1 fully saturated rings. The van der Waals surface area contributed by atoms with Crippen molar-refractivity contribution in [3.63, 3.8) is 0 Å². The number of aromatic nitrogens is 2. The molecule has 0 saturated carbocycles. The Labute approximate surface area is 166 Å². The molecular formula is C19H18FN3O5S. The van der Waals surface area contributed by atoms with Crippen LogP contribution in [-0.2, 0) is 14.8 Å². The van der Waals surface area contributed by atoms with E-state index in [9.17, 15) is 12.8 Å². The number of hydrogen-bond acceptors (Lipinski definition) is 7. The Bertz CT molecular complexity index is 1120. The lowest BCUT2D eigenvalue weighted by molar-refractivity contribution is -0.0199. The maximum atomic E-state index is 13.5. The zero-order chi connectivity index (χ0) is 20.4. The molecule has 1 aliphatic heterocycles. The minimum Gasteiger partial charge on any atom is -0.497 e. The molecule has 1 aliphatic rings. The lowest BCUT2D eigenvalue weighted by atomic mass is 10.2. The van der Waals surface area contributed by atoms with Gasteiger partial charge in [-0.2, -0.15) is 9.29 Å². The summed E-state index contributed by atoms with van der Waals surface area (Å²) in [6, 6.07) is 12.1. The van der Waals surface area contributed by atoms with Crippen molar-refractivity contribution in [1.82, 2.24) is 14.4 Å². The summed E-state index contributed by atoms with van der Waals surface area (Å²) in [4.78, 5) is 4.23. The summed E-state index contributed by atoms with van der Waals surface area (Å²) < 4.78 is 56.5. The number of ether oxygens (including phenoxy) is 2. The summed E-state index contributed by atoms with van der Waals surface area (Å²) in [5.74, 6) is 0.542. The molecule has 10 heteroatoms. The van der Waals surface area contributed by atoms with Crippen molar-refractivity contribution in [2.45, 2.75) is 11.0 Å². The molecule has 152 valence electrons. The molecule has 1 aromatic heterocycles. The second kappa shape index (κ2) is 7.90. The van der Waals surface area contributed by atoms with E-state index in [0.717, 1.165) is 6.07 Å². The van der Waals surface area contributed by atoms with Crippen molar-refractivity contribution in [1.29, 1.82) is 0 Å². The van der Waals surface area contributed by atoms with E-state index in [1.807, 2.05) is 0 Å². The lowest BCUT2D eigenvalue weighted by Crippen LogP contribution is -2.42. The molecule has 8 nitrogen and oxygen atoms in total. The molecule has 2 heterocycles. The number of methoxy groups -OCH3 is 1. The Hall–Kier alpha value is -2.82. The second-order valence-electron chi connectivity index (χ2n) is 6.37. The van der Waals surface area contributed by atoms with Gasteiger partial charge in [-0.3, -0.25) is 0 Å². The van der Waals surface area contributed by atoms with Crippen molar-refractivity contribution in [3.8, 4) is 17.1 Å². The van der Waals surface area contributed by atoms with Crippen LogP contribution < -0.4 is 4.74 Å². The van der Waals surface area contributed by atoms with E-state index >= 15 is 0 Å². The van der Waals surface area contributed by atoms with Gasteiger partial charge in [-0.1, -0.05) is 23.4 Å². The predicted molar refractivity (Wildman–Crippen MR) is 100 cm³/mol. The highest BCUT2D eigenvalue weighted by Crippen LogP contribution is 2.28. The van der Waals surface area contributed by atoms with E-state index < -0.39 is 21.9 Å². The molecule has 3 aromatic rings. The van der Waals surface area contributed by atoms with Crippen LogP contribution in [0.5, 0.6) is 5.75 Å². The maximum absolute atomic E-state index is 13.5. The standard InChI is InChI=1S/C19H18FN3O5S/c1-26-15-6-2-4-13(10-15)18-21-19(28-22-18)17-12-23(8-9-27-17)29(24,25)16-7-3-5-14(20)11-16/h2-7,10-11,17H,8-9,12H2,1H3.